The van der Waals surface area contributed by atoms with Crippen LogP contribution < -0.4 is 0 Å². The van der Waals surface area contributed by atoms with Crippen LogP contribution in [0.4, 0.5) is 0 Å². The Labute approximate surface area is 287 Å². The smallest absolute Gasteiger partial charge is 0.100 e. The van der Waals surface area contributed by atoms with Crippen molar-refractivity contribution in [1.29, 1.82) is 15.8 Å². The fourth-order valence-corrected chi connectivity index (χ4v) is 7.47. The first-order chi connectivity index (χ1) is 24.7. The van der Waals surface area contributed by atoms with Gasteiger partial charge in [0, 0.05) is 43.9 Å². The fourth-order valence-electron chi connectivity index (χ4n) is 7.47. The number of hydrogen-bond donors (Lipinski definition) is 0. The molecule has 0 aliphatic heterocycles. The van der Waals surface area contributed by atoms with Crippen molar-refractivity contribution in [2.75, 3.05) is 0 Å². The van der Waals surface area contributed by atoms with E-state index in [-0.39, 0.29) is 0 Å². The third-order valence-corrected chi connectivity index (χ3v) is 9.63. The molecule has 5 nitrogen and oxygen atoms in total. The van der Waals surface area contributed by atoms with Gasteiger partial charge in [-0.3, -0.25) is 0 Å². The summed E-state index contributed by atoms with van der Waals surface area (Å²) in [5.41, 5.74) is 11.3. The molecular formula is C45H25N5. The Morgan fingerprint density at radius 3 is 1.56 bits per heavy atom. The fraction of sp³-hybridized carbons (Fsp3) is 0. The van der Waals surface area contributed by atoms with Gasteiger partial charge in [-0.15, -0.1) is 0 Å². The zero-order valence-electron chi connectivity index (χ0n) is 26.7. The Hall–Kier alpha value is -7.39. The summed E-state index contributed by atoms with van der Waals surface area (Å²) in [6.45, 7) is 0. The predicted molar refractivity (Wildman–Crippen MR) is 200 cm³/mol. The molecule has 0 aliphatic rings. The summed E-state index contributed by atoms with van der Waals surface area (Å²) in [5.74, 6) is 0. The van der Waals surface area contributed by atoms with Crippen LogP contribution in [0.1, 0.15) is 16.7 Å². The van der Waals surface area contributed by atoms with E-state index in [9.17, 15) is 15.8 Å². The monoisotopic (exact) mass is 635 g/mol. The van der Waals surface area contributed by atoms with Crippen molar-refractivity contribution >= 4 is 43.6 Å². The quantitative estimate of drug-likeness (QED) is 0.193. The maximum Gasteiger partial charge on any atom is 0.100 e. The molecule has 50 heavy (non-hydrogen) atoms. The number of aromatic nitrogens is 2. The summed E-state index contributed by atoms with van der Waals surface area (Å²) >= 11 is 0. The Balaban J connectivity index is 1.24. The minimum absolute atomic E-state index is 0.560. The number of fused-ring (bicyclic) bond motifs is 6. The molecule has 7 aromatic carbocycles. The van der Waals surface area contributed by atoms with Crippen molar-refractivity contribution in [3.8, 4) is 51.8 Å². The minimum Gasteiger partial charge on any atom is -0.309 e. The van der Waals surface area contributed by atoms with Crippen LogP contribution in [-0.2, 0) is 0 Å². The molecule has 2 aromatic heterocycles. The third-order valence-electron chi connectivity index (χ3n) is 9.63. The molecule has 0 aliphatic carbocycles. The maximum absolute atomic E-state index is 10.8. The number of rotatable bonds is 4. The number of nitrogens with zero attached hydrogens (tertiary/aromatic N) is 5. The molecule has 0 amide bonds. The lowest BCUT2D eigenvalue weighted by atomic mass is 9.91. The van der Waals surface area contributed by atoms with Crippen LogP contribution in [-0.4, -0.2) is 9.13 Å². The van der Waals surface area contributed by atoms with Crippen LogP contribution in [0.5, 0.6) is 0 Å². The second-order valence-corrected chi connectivity index (χ2v) is 12.3. The van der Waals surface area contributed by atoms with Gasteiger partial charge >= 0.3 is 0 Å². The molecule has 0 spiro atoms. The van der Waals surface area contributed by atoms with Crippen molar-refractivity contribution < 1.29 is 0 Å². The van der Waals surface area contributed by atoms with Crippen molar-refractivity contribution in [2.24, 2.45) is 0 Å². The second kappa shape index (κ2) is 11.4. The first-order valence-corrected chi connectivity index (χ1v) is 16.3. The van der Waals surface area contributed by atoms with Gasteiger partial charge in [-0.2, -0.15) is 15.8 Å². The van der Waals surface area contributed by atoms with Crippen LogP contribution in [0.15, 0.2) is 152 Å². The van der Waals surface area contributed by atoms with Crippen LogP contribution in [0.2, 0.25) is 0 Å². The molecule has 0 bridgehead atoms. The van der Waals surface area contributed by atoms with E-state index in [4.69, 9.17) is 0 Å². The molecular weight excluding hydrogens is 611 g/mol. The lowest BCUT2D eigenvalue weighted by Gasteiger charge is -2.17. The van der Waals surface area contributed by atoms with Gasteiger partial charge in [0.05, 0.1) is 56.6 Å². The third kappa shape index (κ3) is 4.31. The van der Waals surface area contributed by atoms with Crippen molar-refractivity contribution in [3.05, 3.63) is 168 Å². The van der Waals surface area contributed by atoms with E-state index < -0.39 is 0 Å². The summed E-state index contributed by atoms with van der Waals surface area (Å²) in [6.07, 6.45) is 0. The van der Waals surface area contributed by atoms with E-state index in [0.29, 0.717) is 16.7 Å². The molecule has 0 N–H and O–H groups in total. The SMILES string of the molecule is N#Cc1ccc2c(c1)c1cc(C#N)ccc1n2-c1cccc(-c2cccc(-c3ccccc3-n3c4ccccc4c4ccccc43)c2C#N)c1. The predicted octanol–water partition coefficient (Wildman–Crippen LogP) is 10.8. The molecule has 0 saturated heterocycles. The molecule has 0 fully saturated rings. The lowest BCUT2D eigenvalue weighted by molar-refractivity contribution is 1.18. The number of para-hydroxylation sites is 3. The van der Waals surface area contributed by atoms with Crippen molar-refractivity contribution in [2.45, 2.75) is 0 Å². The van der Waals surface area contributed by atoms with Gasteiger partial charge in [-0.1, -0.05) is 84.9 Å². The molecule has 0 saturated carbocycles. The average molecular weight is 636 g/mol. The van der Waals surface area contributed by atoms with Crippen LogP contribution in [0.3, 0.4) is 0 Å². The molecule has 9 rings (SSSR count). The van der Waals surface area contributed by atoms with Gasteiger partial charge in [-0.25, -0.2) is 0 Å². The lowest BCUT2D eigenvalue weighted by Crippen LogP contribution is -1.99. The van der Waals surface area contributed by atoms with Gasteiger partial charge in [0.25, 0.3) is 0 Å². The van der Waals surface area contributed by atoms with Crippen molar-refractivity contribution in [1.82, 2.24) is 9.13 Å². The Kier molecular flexibility index (Phi) is 6.56. The topological polar surface area (TPSA) is 81.2 Å². The summed E-state index contributed by atoms with van der Waals surface area (Å²) in [7, 11) is 0. The van der Waals surface area contributed by atoms with Gasteiger partial charge in [-0.05, 0) is 72.3 Å². The van der Waals surface area contributed by atoms with Crippen LogP contribution in [0, 0.1) is 34.0 Å². The Morgan fingerprint density at radius 2 is 0.920 bits per heavy atom. The molecule has 2 heterocycles. The summed E-state index contributed by atoms with van der Waals surface area (Å²) < 4.78 is 4.45. The highest BCUT2D eigenvalue weighted by molar-refractivity contribution is 6.11. The van der Waals surface area contributed by atoms with Gasteiger partial charge in [0.1, 0.15) is 6.07 Å². The van der Waals surface area contributed by atoms with Gasteiger partial charge in [0.15, 0.2) is 0 Å². The first-order valence-electron chi connectivity index (χ1n) is 16.3. The Bertz CT molecular complexity index is 2850. The first kappa shape index (κ1) is 28.8. The highest BCUT2D eigenvalue weighted by Crippen LogP contribution is 2.40. The average Bonchev–Trinajstić information content (AvgIpc) is 3.69. The van der Waals surface area contributed by atoms with Gasteiger partial charge in [0.2, 0.25) is 0 Å². The Morgan fingerprint density at radius 1 is 0.380 bits per heavy atom. The van der Waals surface area contributed by atoms with Crippen LogP contribution >= 0.6 is 0 Å². The number of benzene rings is 7. The van der Waals surface area contributed by atoms with E-state index in [1.165, 1.54) is 10.8 Å². The molecule has 0 radical (unpaired) electrons. The van der Waals surface area contributed by atoms with E-state index in [2.05, 4.69) is 94.1 Å². The van der Waals surface area contributed by atoms with Gasteiger partial charge < -0.3 is 9.13 Å². The molecule has 0 unspecified atom stereocenters. The zero-order valence-corrected chi connectivity index (χ0v) is 26.7. The maximum atomic E-state index is 10.8. The number of nitriles is 3. The molecule has 0 atom stereocenters. The normalized spacial score (nSPS) is 11.1. The van der Waals surface area contributed by atoms with Crippen LogP contribution in [0.25, 0.3) is 77.2 Å². The van der Waals surface area contributed by atoms with E-state index >= 15 is 0 Å². The van der Waals surface area contributed by atoms with Crippen molar-refractivity contribution in [3.63, 3.8) is 0 Å². The molecule has 9 aromatic rings. The van der Waals surface area contributed by atoms with E-state index in [0.717, 1.165) is 66.5 Å². The highest BCUT2D eigenvalue weighted by Gasteiger charge is 2.20. The number of hydrogen-bond acceptors (Lipinski definition) is 3. The zero-order chi connectivity index (χ0) is 33.8. The summed E-state index contributed by atoms with van der Waals surface area (Å²) in [6, 6.07) is 57.8. The minimum atomic E-state index is 0.560. The summed E-state index contributed by atoms with van der Waals surface area (Å²) in [5, 5.41) is 34.3. The molecule has 230 valence electrons. The highest BCUT2D eigenvalue weighted by atomic mass is 15.0. The largest absolute Gasteiger partial charge is 0.309 e. The molecule has 5 heteroatoms. The standard InChI is InChI=1S/C45H25N5/c46-26-29-19-21-44-38(23-29)39-24-30(27-47)20-22-45(39)49(44)32-10-7-9-31(25-32)33-14-8-15-34(40(33)28-48)35-11-1-4-16-41(35)50-42-17-5-2-12-36(42)37-13-3-6-18-43(37)50/h1-25H. The second-order valence-electron chi connectivity index (χ2n) is 12.3. The van der Waals surface area contributed by atoms with E-state index in [1.54, 1.807) is 0 Å². The van der Waals surface area contributed by atoms with E-state index in [1.807, 2.05) is 84.9 Å². The summed E-state index contributed by atoms with van der Waals surface area (Å²) in [4.78, 5) is 0.